The van der Waals surface area contributed by atoms with Crippen LogP contribution in [0.15, 0.2) is 54.5 Å². The molecule has 0 spiro atoms. The number of hydrogen-bond donors (Lipinski definition) is 0. The molecule has 0 N–H and O–H groups in total. The second kappa shape index (κ2) is 8.46. The Hall–Kier alpha value is -3.48. The topological polar surface area (TPSA) is 47.4 Å². The van der Waals surface area contributed by atoms with E-state index in [2.05, 4.69) is 4.98 Å². The van der Waals surface area contributed by atoms with Crippen molar-refractivity contribution in [2.24, 2.45) is 0 Å². The van der Waals surface area contributed by atoms with Crippen molar-refractivity contribution in [3.05, 3.63) is 83.0 Å². The second-order valence-corrected chi connectivity index (χ2v) is 8.69. The quantitative estimate of drug-likeness (QED) is 0.503. The van der Waals surface area contributed by atoms with E-state index in [1.807, 2.05) is 46.9 Å². The summed E-state index contributed by atoms with van der Waals surface area (Å²) in [4.78, 5) is 19.6. The van der Waals surface area contributed by atoms with E-state index in [4.69, 9.17) is 4.74 Å². The molecule has 2 fully saturated rings. The van der Waals surface area contributed by atoms with Crippen molar-refractivity contribution in [2.75, 3.05) is 7.11 Å². The molecule has 1 aromatic heterocycles. The highest BCUT2D eigenvalue weighted by Crippen LogP contribution is 2.43. The van der Waals surface area contributed by atoms with Gasteiger partial charge in [-0.3, -0.25) is 4.79 Å². The number of methoxy groups -OCH3 is 1. The van der Waals surface area contributed by atoms with Crippen LogP contribution in [-0.4, -0.2) is 33.5 Å². The number of piperidine rings is 1. The molecule has 2 saturated heterocycles. The molecule has 1 amide bonds. The van der Waals surface area contributed by atoms with Gasteiger partial charge in [0.05, 0.1) is 30.9 Å². The average Bonchev–Trinajstić information content (AvgIpc) is 3.44. The number of halogens is 2. The Morgan fingerprint density at radius 2 is 1.94 bits per heavy atom. The molecule has 0 unspecified atom stereocenters. The number of fused-ring (bicyclic) bond motifs is 1. The molecule has 2 aliphatic rings. The molecular weight excluding hydrogens is 424 g/mol. The summed E-state index contributed by atoms with van der Waals surface area (Å²) < 4.78 is 34.8. The second-order valence-electron chi connectivity index (χ2n) is 8.69. The van der Waals surface area contributed by atoms with E-state index in [9.17, 15) is 13.6 Å². The summed E-state index contributed by atoms with van der Waals surface area (Å²) in [5.41, 5.74) is 4.01. The number of nitrogens with zero attached hydrogens (tertiary/aromatic N) is 3. The predicted molar refractivity (Wildman–Crippen MR) is 121 cm³/mol. The Kier molecular flexibility index (Phi) is 5.48. The van der Waals surface area contributed by atoms with Crippen LogP contribution in [0.1, 0.15) is 48.5 Å². The van der Waals surface area contributed by atoms with Crippen LogP contribution in [0.5, 0.6) is 5.75 Å². The highest BCUT2D eigenvalue weighted by molar-refractivity contribution is 5.99. The zero-order chi connectivity index (χ0) is 23.1. The molecule has 33 heavy (non-hydrogen) atoms. The van der Waals surface area contributed by atoms with E-state index in [1.165, 1.54) is 6.07 Å². The minimum Gasteiger partial charge on any atom is -0.495 e. The van der Waals surface area contributed by atoms with Crippen molar-refractivity contribution in [3.63, 3.8) is 0 Å². The zero-order valence-electron chi connectivity index (χ0n) is 18.6. The minimum atomic E-state index is -0.878. The van der Waals surface area contributed by atoms with Gasteiger partial charge in [-0.25, -0.2) is 13.8 Å². The van der Waals surface area contributed by atoms with Gasteiger partial charge in [-0.05, 0) is 74.1 Å². The largest absolute Gasteiger partial charge is 0.495 e. The highest BCUT2D eigenvalue weighted by atomic mass is 19.2. The maximum atomic E-state index is 13.8. The Balaban J connectivity index is 1.43. The molecule has 170 valence electrons. The lowest BCUT2D eigenvalue weighted by molar-refractivity contribution is -0.131. The van der Waals surface area contributed by atoms with Gasteiger partial charge in [-0.2, -0.15) is 0 Å². The fraction of sp³-hybridized carbons (Fsp3) is 0.308. The number of hydrogen-bond acceptors (Lipinski definition) is 3. The van der Waals surface area contributed by atoms with Gasteiger partial charge < -0.3 is 14.2 Å². The van der Waals surface area contributed by atoms with Gasteiger partial charge in [0.1, 0.15) is 5.75 Å². The van der Waals surface area contributed by atoms with Crippen LogP contribution >= 0.6 is 0 Å². The fourth-order valence-corrected chi connectivity index (χ4v) is 5.00. The van der Waals surface area contributed by atoms with Crippen molar-refractivity contribution >= 4 is 12.0 Å². The molecule has 3 aromatic rings. The number of ether oxygens (including phenoxy) is 1. The number of rotatable bonds is 4. The van der Waals surface area contributed by atoms with Crippen molar-refractivity contribution in [2.45, 2.75) is 44.7 Å². The molecule has 0 radical (unpaired) electrons. The fourth-order valence-electron chi connectivity index (χ4n) is 5.00. The van der Waals surface area contributed by atoms with Gasteiger partial charge in [0.2, 0.25) is 0 Å². The summed E-state index contributed by atoms with van der Waals surface area (Å²) in [7, 11) is 1.62. The smallest absolute Gasteiger partial charge is 0.250 e. The molecule has 5 rings (SSSR count). The molecule has 5 nitrogen and oxygen atoms in total. The monoisotopic (exact) mass is 449 g/mol. The Labute approximate surface area is 191 Å². The normalized spacial score (nSPS) is 21.5. The van der Waals surface area contributed by atoms with Gasteiger partial charge in [-0.15, -0.1) is 0 Å². The van der Waals surface area contributed by atoms with Gasteiger partial charge >= 0.3 is 0 Å². The van der Waals surface area contributed by atoms with Crippen LogP contribution in [0.2, 0.25) is 0 Å². The molecule has 7 heteroatoms. The van der Waals surface area contributed by atoms with Crippen molar-refractivity contribution < 1.29 is 18.3 Å². The van der Waals surface area contributed by atoms with Gasteiger partial charge in [0, 0.05) is 17.8 Å². The number of benzene rings is 2. The van der Waals surface area contributed by atoms with Crippen LogP contribution in [-0.2, 0) is 4.79 Å². The zero-order valence-corrected chi connectivity index (χ0v) is 18.6. The van der Waals surface area contributed by atoms with E-state index in [0.717, 1.165) is 42.3 Å². The van der Waals surface area contributed by atoms with E-state index >= 15 is 0 Å². The first-order chi connectivity index (χ1) is 15.9. The molecule has 2 atom stereocenters. The van der Waals surface area contributed by atoms with E-state index < -0.39 is 11.6 Å². The SMILES string of the molecule is COc1cc(/C=C2\CC[C@@H]3CC[C@H](c4ccc(F)c(F)c4)N3C2=O)ccc1-n1cnc(C)c1. The molecule has 0 saturated carbocycles. The van der Waals surface area contributed by atoms with Gasteiger partial charge in [-0.1, -0.05) is 12.1 Å². The Morgan fingerprint density at radius 1 is 1.09 bits per heavy atom. The molecule has 0 aliphatic carbocycles. The summed E-state index contributed by atoms with van der Waals surface area (Å²) in [6, 6.07) is 9.65. The first-order valence-corrected chi connectivity index (χ1v) is 11.1. The third-order valence-corrected chi connectivity index (χ3v) is 6.62. The van der Waals surface area contributed by atoms with Crippen LogP contribution in [0, 0.1) is 18.6 Å². The minimum absolute atomic E-state index is 0.0354. The van der Waals surface area contributed by atoms with Gasteiger partial charge in [0.15, 0.2) is 11.6 Å². The summed E-state index contributed by atoms with van der Waals surface area (Å²) in [6.07, 6.45) is 8.74. The molecular formula is C26H25F2N3O2. The highest BCUT2D eigenvalue weighted by Gasteiger charge is 2.41. The molecule has 0 bridgehead atoms. The average molecular weight is 450 g/mol. The Bertz CT molecular complexity index is 1250. The maximum absolute atomic E-state index is 13.8. The molecule has 2 aromatic carbocycles. The number of amides is 1. The standard InChI is InChI=1S/C26H25F2N3O2/c1-16-14-30(15-29-16)24-9-3-17(12-25(24)33-2)11-19-4-6-20-7-10-23(31(20)26(19)32)18-5-8-21(27)22(28)13-18/h3,5,8-9,11-15,20,23H,4,6-7,10H2,1-2H3/b19-11+/t20-,23-/m1/s1. The Morgan fingerprint density at radius 3 is 2.67 bits per heavy atom. The third-order valence-electron chi connectivity index (χ3n) is 6.62. The maximum Gasteiger partial charge on any atom is 0.250 e. The van der Waals surface area contributed by atoms with Crippen LogP contribution in [0.3, 0.4) is 0 Å². The lowest BCUT2D eigenvalue weighted by Gasteiger charge is -2.35. The van der Waals surface area contributed by atoms with Crippen molar-refractivity contribution in [3.8, 4) is 11.4 Å². The number of carbonyl (C=O) groups excluding carboxylic acids is 1. The third kappa shape index (κ3) is 3.92. The van der Waals surface area contributed by atoms with Crippen LogP contribution in [0.25, 0.3) is 11.8 Å². The van der Waals surface area contributed by atoms with E-state index in [-0.39, 0.29) is 18.0 Å². The molecule has 3 heterocycles. The van der Waals surface area contributed by atoms with Crippen LogP contribution in [0.4, 0.5) is 8.78 Å². The van der Waals surface area contributed by atoms with E-state index in [1.54, 1.807) is 19.5 Å². The summed E-state index contributed by atoms with van der Waals surface area (Å²) in [6.45, 7) is 1.93. The summed E-state index contributed by atoms with van der Waals surface area (Å²) >= 11 is 0. The number of carbonyl (C=O) groups is 1. The first-order valence-electron chi connectivity index (χ1n) is 11.1. The number of aryl methyl sites for hydroxylation is 1. The molecule has 2 aliphatic heterocycles. The van der Waals surface area contributed by atoms with Crippen LogP contribution < -0.4 is 4.74 Å². The lowest BCUT2D eigenvalue weighted by Crippen LogP contribution is -2.41. The first kappa shape index (κ1) is 21.4. The van der Waals surface area contributed by atoms with Crippen molar-refractivity contribution in [1.29, 1.82) is 0 Å². The predicted octanol–water partition coefficient (Wildman–Crippen LogP) is 5.38. The lowest BCUT2D eigenvalue weighted by atomic mass is 9.95. The summed E-state index contributed by atoms with van der Waals surface area (Å²) in [5.74, 6) is -1.10. The summed E-state index contributed by atoms with van der Waals surface area (Å²) in [5, 5.41) is 0. The van der Waals surface area contributed by atoms with Crippen molar-refractivity contribution in [1.82, 2.24) is 14.5 Å². The number of aromatic nitrogens is 2. The van der Waals surface area contributed by atoms with Gasteiger partial charge in [0.25, 0.3) is 5.91 Å². The van der Waals surface area contributed by atoms with E-state index in [0.29, 0.717) is 23.3 Å². The number of imidazole rings is 1.